The molecule has 1 heterocycles. The van der Waals surface area contributed by atoms with Crippen molar-refractivity contribution in [1.82, 2.24) is 5.32 Å². The number of alkyl halides is 3. The third-order valence-electron chi connectivity index (χ3n) is 2.10. The van der Waals surface area contributed by atoms with E-state index in [4.69, 9.17) is 4.42 Å². The van der Waals surface area contributed by atoms with Crippen molar-refractivity contribution in [2.75, 3.05) is 20.3 Å². The molecule has 1 aromatic heterocycles. The number of hydrogen-bond acceptors (Lipinski definition) is 3. The van der Waals surface area contributed by atoms with Gasteiger partial charge in [-0.3, -0.25) is 0 Å². The van der Waals surface area contributed by atoms with Crippen LogP contribution in [0.3, 0.4) is 0 Å². The molecule has 1 atom stereocenters. The van der Waals surface area contributed by atoms with Gasteiger partial charge in [0.15, 0.2) is 4.67 Å². The average molecular weight is 316 g/mol. The molecule has 98 valence electrons. The monoisotopic (exact) mass is 315 g/mol. The summed E-state index contributed by atoms with van der Waals surface area (Å²) in [5.41, 5.74) is 0. The normalized spacial score (nSPS) is 13.9. The maximum absolute atomic E-state index is 11.8. The first-order chi connectivity index (χ1) is 7.92. The maximum Gasteiger partial charge on any atom is 0.411 e. The predicted octanol–water partition coefficient (Wildman–Crippen LogP) is 3.27. The topological polar surface area (TPSA) is 34.4 Å². The first-order valence-corrected chi connectivity index (χ1v) is 5.78. The average Bonchev–Trinajstić information content (AvgIpc) is 2.63. The number of rotatable bonds is 6. The van der Waals surface area contributed by atoms with Gasteiger partial charge in [0.25, 0.3) is 0 Å². The fourth-order valence-electron chi connectivity index (χ4n) is 1.33. The highest BCUT2D eigenvalue weighted by atomic mass is 79.9. The van der Waals surface area contributed by atoms with Crippen molar-refractivity contribution in [1.29, 1.82) is 0 Å². The first kappa shape index (κ1) is 14.5. The molecule has 0 aliphatic heterocycles. The van der Waals surface area contributed by atoms with Crippen LogP contribution < -0.4 is 5.32 Å². The van der Waals surface area contributed by atoms with Gasteiger partial charge in [0.05, 0.1) is 6.04 Å². The number of ether oxygens (including phenoxy) is 1. The Morgan fingerprint density at radius 1 is 1.47 bits per heavy atom. The molecule has 0 aliphatic rings. The lowest BCUT2D eigenvalue weighted by Gasteiger charge is -2.14. The highest BCUT2D eigenvalue weighted by Gasteiger charge is 2.27. The predicted molar refractivity (Wildman–Crippen MR) is 59.7 cm³/mol. The van der Waals surface area contributed by atoms with Crippen molar-refractivity contribution in [2.24, 2.45) is 0 Å². The van der Waals surface area contributed by atoms with Crippen LogP contribution in [-0.2, 0) is 4.74 Å². The van der Waals surface area contributed by atoms with E-state index in [1.807, 2.05) is 0 Å². The van der Waals surface area contributed by atoms with Crippen molar-refractivity contribution in [3.05, 3.63) is 22.6 Å². The molecule has 0 spiro atoms. The van der Waals surface area contributed by atoms with E-state index in [-0.39, 0.29) is 12.6 Å². The minimum Gasteiger partial charge on any atom is -0.453 e. The zero-order chi connectivity index (χ0) is 12.9. The summed E-state index contributed by atoms with van der Waals surface area (Å²) in [5, 5.41) is 2.95. The molecular formula is C10H13BrF3NO2. The number of furan rings is 1. The lowest BCUT2D eigenvalue weighted by Crippen LogP contribution is -2.21. The summed E-state index contributed by atoms with van der Waals surface area (Å²) in [6.45, 7) is -1.20. The van der Waals surface area contributed by atoms with Crippen molar-refractivity contribution in [2.45, 2.75) is 18.6 Å². The summed E-state index contributed by atoms with van der Waals surface area (Å²) in [6, 6.07) is 3.33. The Labute approximate surface area is 105 Å². The molecule has 0 amide bonds. The summed E-state index contributed by atoms with van der Waals surface area (Å²) in [5.74, 6) is 0.662. The Kier molecular flexibility index (Phi) is 5.48. The van der Waals surface area contributed by atoms with Gasteiger partial charge in [0.2, 0.25) is 0 Å². The molecule has 0 fully saturated rings. The Morgan fingerprint density at radius 2 is 2.18 bits per heavy atom. The Hall–Kier alpha value is -0.530. The van der Waals surface area contributed by atoms with E-state index in [0.29, 0.717) is 16.9 Å². The third-order valence-corrected chi connectivity index (χ3v) is 2.53. The molecular weight excluding hydrogens is 303 g/mol. The van der Waals surface area contributed by atoms with Crippen LogP contribution in [-0.4, -0.2) is 26.4 Å². The summed E-state index contributed by atoms with van der Waals surface area (Å²) in [6.07, 6.45) is -3.87. The van der Waals surface area contributed by atoms with Crippen LogP contribution in [0.1, 0.15) is 18.2 Å². The van der Waals surface area contributed by atoms with Crippen molar-refractivity contribution in [3.63, 3.8) is 0 Å². The van der Waals surface area contributed by atoms with Crippen LogP contribution in [0, 0.1) is 0 Å². The molecule has 0 saturated heterocycles. The van der Waals surface area contributed by atoms with Crippen LogP contribution in [0.2, 0.25) is 0 Å². The standard InChI is InChI=1S/C10H13BrF3NO2/c1-15-7(8-2-3-9(11)17-8)4-5-16-6-10(12,13)14/h2-3,7,15H,4-6H2,1H3. The van der Waals surface area contributed by atoms with Crippen molar-refractivity contribution in [3.8, 4) is 0 Å². The van der Waals surface area contributed by atoms with E-state index < -0.39 is 12.8 Å². The van der Waals surface area contributed by atoms with Crippen LogP contribution in [0.5, 0.6) is 0 Å². The lowest BCUT2D eigenvalue weighted by atomic mass is 10.1. The molecule has 1 aromatic rings. The van der Waals surface area contributed by atoms with Gasteiger partial charge in [0.1, 0.15) is 12.4 Å². The maximum atomic E-state index is 11.8. The van der Waals surface area contributed by atoms with E-state index in [2.05, 4.69) is 26.0 Å². The number of hydrogen-bond donors (Lipinski definition) is 1. The SMILES string of the molecule is CNC(CCOCC(F)(F)F)c1ccc(Br)o1. The highest BCUT2D eigenvalue weighted by Crippen LogP contribution is 2.23. The molecule has 3 nitrogen and oxygen atoms in total. The number of nitrogens with one attached hydrogen (secondary N) is 1. The summed E-state index contributed by atoms with van der Waals surface area (Å²) >= 11 is 3.16. The third kappa shape index (κ3) is 5.56. The van der Waals surface area contributed by atoms with Crippen LogP contribution in [0.15, 0.2) is 21.2 Å². The zero-order valence-electron chi connectivity index (χ0n) is 9.18. The van der Waals surface area contributed by atoms with E-state index in [1.165, 1.54) is 0 Å². The minimum absolute atomic E-state index is 0.0172. The molecule has 0 radical (unpaired) electrons. The number of halogens is 4. The van der Waals surface area contributed by atoms with Gasteiger partial charge in [-0.1, -0.05) is 0 Å². The molecule has 0 aliphatic carbocycles. The highest BCUT2D eigenvalue weighted by molar-refractivity contribution is 9.10. The van der Waals surface area contributed by atoms with Crippen LogP contribution in [0.25, 0.3) is 0 Å². The van der Waals surface area contributed by atoms with E-state index in [0.717, 1.165) is 0 Å². The van der Waals surface area contributed by atoms with Gasteiger partial charge in [-0.2, -0.15) is 13.2 Å². The lowest BCUT2D eigenvalue weighted by molar-refractivity contribution is -0.174. The minimum atomic E-state index is -4.27. The van der Waals surface area contributed by atoms with Crippen LogP contribution in [0.4, 0.5) is 13.2 Å². The Bertz CT molecular complexity index is 341. The largest absolute Gasteiger partial charge is 0.453 e. The molecule has 1 N–H and O–H groups in total. The molecule has 0 saturated carbocycles. The first-order valence-electron chi connectivity index (χ1n) is 4.99. The van der Waals surface area contributed by atoms with Gasteiger partial charge in [-0.15, -0.1) is 0 Å². The Morgan fingerprint density at radius 3 is 2.65 bits per heavy atom. The van der Waals surface area contributed by atoms with E-state index >= 15 is 0 Å². The second-order valence-corrected chi connectivity index (χ2v) is 4.22. The summed E-state index contributed by atoms with van der Waals surface area (Å²) in [7, 11) is 1.71. The van der Waals surface area contributed by atoms with Gasteiger partial charge < -0.3 is 14.5 Å². The van der Waals surface area contributed by atoms with Crippen LogP contribution >= 0.6 is 15.9 Å². The van der Waals surface area contributed by atoms with Gasteiger partial charge in [0, 0.05) is 6.61 Å². The zero-order valence-corrected chi connectivity index (χ0v) is 10.8. The van der Waals surface area contributed by atoms with E-state index in [1.54, 1.807) is 19.2 Å². The van der Waals surface area contributed by atoms with Gasteiger partial charge in [-0.25, -0.2) is 0 Å². The second kappa shape index (κ2) is 6.42. The Balaban J connectivity index is 2.33. The van der Waals surface area contributed by atoms with Gasteiger partial charge in [-0.05, 0) is 41.5 Å². The van der Waals surface area contributed by atoms with E-state index in [9.17, 15) is 13.2 Å². The van der Waals surface area contributed by atoms with Gasteiger partial charge >= 0.3 is 6.18 Å². The molecule has 7 heteroatoms. The quantitative estimate of drug-likeness (QED) is 0.818. The molecule has 0 aromatic carbocycles. The van der Waals surface area contributed by atoms with Crippen molar-refractivity contribution < 1.29 is 22.3 Å². The molecule has 1 unspecified atom stereocenters. The van der Waals surface area contributed by atoms with Crippen molar-refractivity contribution >= 4 is 15.9 Å². The smallest absolute Gasteiger partial charge is 0.411 e. The summed E-state index contributed by atoms with van der Waals surface area (Å²) in [4.78, 5) is 0. The molecule has 0 bridgehead atoms. The fraction of sp³-hybridized carbons (Fsp3) is 0.600. The molecule has 17 heavy (non-hydrogen) atoms. The fourth-order valence-corrected chi connectivity index (χ4v) is 1.65. The summed E-state index contributed by atoms with van der Waals surface area (Å²) < 4.78 is 45.9. The second-order valence-electron chi connectivity index (χ2n) is 3.44. The molecule has 1 rings (SSSR count).